The maximum absolute atomic E-state index is 13.4. The molecule has 0 saturated carbocycles. The molecule has 3 heteroatoms. The van der Waals surface area contributed by atoms with Crippen molar-refractivity contribution in [2.75, 3.05) is 14.1 Å². The van der Waals surface area contributed by atoms with E-state index in [1.165, 1.54) is 12.1 Å². The molecule has 0 amide bonds. The summed E-state index contributed by atoms with van der Waals surface area (Å²) in [5.74, 6) is -0.295. The summed E-state index contributed by atoms with van der Waals surface area (Å²) in [6, 6.07) is 4.72. The van der Waals surface area contributed by atoms with Crippen molar-refractivity contribution in [3.05, 3.63) is 35.1 Å². The molecule has 2 nitrogen and oxygen atoms in total. The van der Waals surface area contributed by atoms with Crippen molar-refractivity contribution in [3.8, 4) is 0 Å². The van der Waals surface area contributed by atoms with Crippen molar-refractivity contribution in [1.29, 1.82) is 0 Å². The molecule has 2 atom stereocenters. The van der Waals surface area contributed by atoms with Crippen LogP contribution in [0.15, 0.2) is 18.2 Å². The summed E-state index contributed by atoms with van der Waals surface area (Å²) in [6.07, 6.45) is 0.0911. The van der Waals surface area contributed by atoms with Crippen LogP contribution in [-0.2, 0) is 0 Å². The van der Waals surface area contributed by atoms with Gasteiger partial charge in [0.05, 0.1) is 6.10 Å². The average Bonchev–Trinajstić information content (AvgIpc) is 2.25. The van der Waals surface area contributed by atoms with Gasteiger partial charge in [0, 0.05) is 5.54 Å². The van der Waals surface area contributed by atoms with E-state index in [-0.39, 0.29) is 11.4 Å². The number of rotatable bonds is 4. The standard InChI is InChI=1S/C14H22FNO/c1-6-14(3,16(4)5)13(17)11-7-10(2)8-12(15)9-11/h7-9,13,17H,6H2,1-5H3. The minimum atomic E-state index is -0.697. The first-order valence-electron chi connectivity index (χ1n) is 5.94. The van der Waals surface area contributed by atoms with Gasteiger partial charge in [0.1, 0.15) is 5.82 Å². The van der Waals surface area contributed by atoms with Crippen LogP contribution in [0.25, 0.3) is 0 Å². The number of nitrogens with zero attached hydrogens (tertiary/aromatic N) is 1. The third-order valence-electron chi connectivity index (χ3n) is 3.71. The Hall–Kier alpha value is -0.930. The molecule has 0 aliphatic heterocycles. The Morgan fingerprint density at radius 3 is 2.35 bits per heavy atom. The predicted molar refractivity (Wildman–Crippen MR) is 68.5 cm³/mol. The number of hydrogen-bond acceptors (Lipinski definition) is 2. The van der Waals surface area contributed by atoms with E-state index in [9.17, 15) is 9.50 Å². The highest BCUT2D eigenvalue weighted by Gasteiger charge is 2.34. The molecule has 1 rings (SSSR count). The van der Waals surface area contributed by atoms with E-state index >= 15 is 0 Å². The Morgan fingerprint density at radius 1 is 1.35 bits per heavy atom. The molecular weight excluding hydrogens is 217 g/mol. The van der Waals surface area contributed by atoms with Crippen molar-refractivity contribution in [1.82, 2.24) is 4.90 Å². The van der Waals surface area contributed by atoms with Gasteiger partial charge in [-0.2, -0.15) is 0 Å². The molecule has 0 fully saturated rings. The predicted octanol–water partition coefficient (Wildman–Crippen LogP) is 2.90. The van der Waals surface area contributed by atoms with Gasteiger partial charge < -0.3 is 10.0 Å². The van der Waals surface area contributed by atoms with Crippen LogP contribution in [0.4, 0.5) is 4.39 Å². The third-order valence-corrected chi connectivity index (χ3v) is 3.71. The SMILES string of the molecule is CCC(C)(C(O)c1cc(C)cc(F)c1)N(C)C. The highest BCUT2D eigenvalue weighted by Crippen LogP contribution is 2.33. The summed E-state index contributed by atoms with van der Waals surface area (Å²) in [5.41, 5.74) is 1.08. The number of aliphatic hydroxyl groups is 1. The Bertz CT molecular complexity index is 372. The lowest BCUT2D eigenvalue weighted by Crippen LogP contribution is -2.46. The molecule has 0 aliphatic rings. The molecular formula is C14H22FNO. The van der Waals surface area contributed by atoms with Crippen LogP contribution >= 0.6 is 0 Å². The van der Waals surface area contributed by atoms with Gasteiger partial charge in [-0.3, -0.25) is 0 Å². The van der Waals surface area contributed by atoms with Crippen molar-refractivity contribution in [2.24, 2.45) is 0 Å². The zero-order valence-electron chi connectivity index (χ0n) is 11.3. The smallest absolute Gasteiger partial charge is 0.123 e. The number of aliphatic hydroxyl groups excluding tert-OH is 1. The summed E-state index contributed by atoms with van der Waals surface area (Å²) in [7, 11) is 3.86. The number of halogens is 1. The molecule has 1 aromatic rings. The fourth-order valence-corrected chi connectivity index (χ4v) is 2.04. The maximum Gasteiger partial charge on any atom is 0.123 e. The summed E-state index contributed by atoms with van der Waals surface area (Å²) < 4.78 is 13.4. The van der Waals surface area contributed by atoms with E-state index in [4.69, 9.17) is 0 Å². The lowest BCUT2D eigenvalue weighted by molar-refractivity contribution is 0.000676. The van der Waals surface area contributed by atoms with Gasteiger partial charge in [0.25, 0.3) is 0 Å². The normalized spacial score (nSPS) is 16.9. The summed E-state index contributed by atoms with van der Waals surface area (Å²) in [5, 5.41) is 10.5. The monoisotopic (exact) mass is 239 g/mol. The molecule has 17 heavy (non-hydrogen) atoms. The zero-order valence-corrected chi connectivity index (χ0v) is 11.3. The molecule has 0 heterocycles. The Kier molecular flexibility index (Phi) is 4.28. The Morgan fingerprint density at radius 2 is 1.94 bits per heavy atom. The van der Waals surface area contributed by atoms with Gasteiger partial charge in [0.2, 0.25) is 0 Å². The van der Waals surface area contributed by atoms with Gasteiger partial charge in [-0.25, -0.2) is 4.39 Å². The van der Waals surface area contributed by atoms with Crippen LogP contribution < -0.4 is 0 Å². The second-order valence-corrected chi connectivity index (χ2v) is 5.07. The third kappa shape index (κ3) is 2.85. The van der Waals surface area contributed by atoms with E-state index in [1.807, 2.05) is 45.8 Å². The van der Waals surface area contributed by atoms with Gasteiger partial charge in [0.15, 0.2) is 0 Å². The van der Waals surface area contributed by atoms with Crippen LogP contribution in [-0.4, -0.2) is 29.6 Å². The van der Waals surface area contributed by atoms with E-state index in [0.717, 1.165) is 12.0 Å². The highest BCUT2D eigenvalue weighted by atomic mass is 19.1. The molecule has 0 saturated heterocycles. The lowest BCUT2D eigenvalue weighted by atomic mass is 9.85. The van der Waals surface area contributed by atoms with Crippen molar-refractivity contribution < 1.29 is 9.50 Å². The van der Waals surface area contributed by atoms with Crippen molar-refractivity contribution in [3.63, 3.8) is 0 Å². The van der Waals surface area contributed by atoms with E-state index in [0.29, 0.717) is 5.56 Å². The average molecular weight is 239 g/mol. The van der Waals surface area contributed by atoms with Crippen LogP contribution in [0.3, 0.4) is 0 Å². The minimum Gasteiger partial charge on any atom is -0.386 e. The van der Waals surface area contributed by atoms with Crippen molar-refractivity contribution in [2.45, 2.75) is 38.8 Å². The molecule has 0 aromatic heterocycles. The second kappa shape index (κ2) is 5.15. The quantitative estimate of drug-likeness (QED) is 0.873. The first kappa shape index (κ1) is 14.1. The van der Waals surface area contributed by atoms with E-state index in [1.54, 1.807) is 0 Å². The highest BCUT2D eigenvalue weighted by molar-refractivity contribution is 5.27. The number of likely N-dealkylation sites (N-methyl/N-ethyl adjacent to an activating group) is 1. The summed E-state index contributed by atoms with van der Waals surface area (Å²) >= 11 is 0. The Balaban J connectivity index is 3.14. The fourth-order valence-electron chi connectivity index (χ4n) is 2.04. The molecule has 2 unspecified atom stereocenters. The molecule has 1 N–H and O–H groups in total. The topological polar surface area (TPSA) is 23.5 Å². The summed E-state index contributed by atoms with van der Waals surface area (Å²) in [6.45, 7) is 5.84. The number of aryl methyl sites for hydroxylation is 1. The first-order valence-corrected chi connectivity index (χ1v) is 5.94. The van der Waals surface area contributed by atoms with Crippen LogP contribution in [0.1, 0.15) is 37.5 Å². The Labute approximate surface area is 103 Å². The van der Waals surface area contributed by atoms with Gasteiger partial charge in [-0.1, -0.05) is 13.0 Å². The molecule has 0 bridgehead atoms. The van der Waals surface area contributed by atoms with Gasteiger partial charge in [-0.15, -0.1) is 0 Å². The number of benzene rings is 1. The molecule has 1 aromatic carbocycles. The van der Waals surface area contributed by atoms with Crippen LogP contribution in [0.2, 0.25) is 0 Å². The summed E-state index contributed by atoms with van der Waals surface area (Å²) in [4.78, 5) is 1.98. The fraction of sp³-hybridized carbons (Fsp3) is 0.571. The van der Waals surface area contributed by atoms with Gasteiger partial charge in [-0.05, 0) is 57.6 Å². The number of hydrogen-bond donors (Lipinski definition) is 1. The van der Waals surface area contributed by atoms with Crippen LogP contribution in [0, 0.1) is 12.7 Å². The lowest BCUT2D eigenvalue weighted by Gasteiger charge is -2.40. The molecule has 0 spiro atoms. The second-order valence-electron chi connectivity index (χ2n) is 5.07. The van der Waals surface area contributed by atoms with Gasteiger partial charge >= 0.3 is 0 Å². The molecule has 96 valence electrons. The largest absolute Gasteiger partial charge is 0.386 e. The molecule has 0 aliphatic carbocycles. The van der Waals surface area contributed by atoms with Crippen LogP contribution in [0.5, 0.6) is 0 Å². The minimum absolute atomic E-state index is 0.295. The maximum atomic E-state index is 13.4. The van der Waals surface area contributed by atoms with Crippen molar-refractivity contribution >= 4 is 0 Å². The molecule has 0 radical (unpaired) electrons. The van der Waals surface area contributed by atoms with E-state index in [2.05, 4.69) is 0 Å². The van der Waals surface area contributed by atoms with E-state index < -0.39 is 6.10 Å². The first-order chi connectivity index (χ1) is 7.81. The zero-order chi connectivity index (χ0) is 13.2.